The van der Waals surface area contributed by atoms with Crippen LogP contribution in [0.1, 0.15) is 0 Å². The highest BCUT2D eigenvalue weighted by Crippen LogP contribution is 2.22. The van der Waals surface area contributed by atoms with Gasteiger partial charge >= 0.3 is 17.7 Å². The molecule has 1 aromatic heterocycles. The standard InChI is InChI=1S/C7H7N3O4/c1-8-7(11)14-6-5(10(12)13)3-2-4-9-6/h2-4H,1H3,(H,8,11). The molecule has 1 aromatic rings. The summed E-state index contributed by atoms with van der Waals surface area (Å²) in [7, 11) is 1.34. The second-order valence-electron chi connectivity index (χ2n) is 2.22. The average Bonchev–Trinajstić information content (AvgIpc) is 2.18. The van der Waals surface area contributed by atoms with Crippen LogP contribution in [0.4, 0.5) is 10.5 Å². The number of pyridine rings is 1. The van der Waals surface area contributed by atoms with Gasteiger partial charge in [0, 0.05) is 19.3 Å². The van der Waals surface area contributed by atoms with Crippen LogP contribution in [0.3, 0.4) is 0 Å². The molecule has 1 N–H and O–H groups in total. The van der Waals surface area contributed by atoms with Crippen molar-refractivity contribution >= 4 is 11.8 Å². The monoisotopic (exact) mass is 197 g/mol. The molecule has 0 radical (unpaired) electrons. The molecule has 1 rings (SSSR count). The third-order valence-electron chi connectivity index (χ3n) is 1.34. The molecular formula is C7H7N3O4. The van der Waals surface area contributed by atoms with Crippen molar-refractivity contribution in [1.29, 1.82) is 0 Å². The van der Waals surface area contributed by atoms with E-state index >= 15 is 0 Å². The lowest BCUT2D eigenvalue weighted by Gasteiger charge is -2.01. The summed E-state index contributed by atoms with van der Waals surface area (Å²) in [4.78, 5) is 24.1. The first-order valence-electron chi connectivity index (χ1n) is 3.64. The van der Waals surface area contributed by atoms with E-state index in [9.17, 15) is 14.9 Å². The number of hydrogen-bond donors (Lipinski definition) is 1. The van der Waals surface area contributed by atoms with E-state index in [0.717, 1.165) is 0 Å². The normalized spacial score (nSPS) is 9.21. The Bertz CT molecular complexity index is 366. The van der Waals surface area contributed by atoms with Crippen molar-refractivity contribution in [3.8, 4) is 5.88 Å². The minimum absolute atomic E-state index is 0.322. The molecule has 7 nitrogen and oxygen atoms in total. The SMILES string of the molecule is CNC(=O)Oc1ncccc1[N+](=O)[O-]. The highest BCUT2D eigenvalue weighted by atomic mass is 16.6. The van der Waals surface area contributed by atoms with E-state index in [1.54, 1.807) is 0 Å². The Balaban J connectivity index is 2.95. The van der Waals surface area contributed by atoms with Crippen LogP contribution in [0.5, 0.6) is 5.88 Å². The molecule has 0 aliphatic rings. The number of carbonyl (C=O) groups is 1. The Hall–Kier alpha value is -2.18. The van der Waals surface area contributed by atoms with E-state index < -0.39 is 11.0 Å². The quantitative estimate of drug-likeness (QED) is 0.556. The van der Waals surface area contributed by atoms with Gasteiger partial charge in [-0.2, -0.15) is 0 Å². The topological polar surface area (TPSA) is 94.4 Å². The number of nitro groups is 1. The van der Waals surface area contributed by atoms with Crippen molar-refractivity contribution in [3.05, 3.63) is 28.4 Å². The summed E-state index contributed by atoms with van der Waals surface area (Å²) in [5.41, 5.74) is -0.351. The minimum atomic E-state index is -0.799. The van der Waals surface area contributed by atoms with Gasteiger partial charge in [-0.25, -0.2) is 9.78 Å². The number of nitrogens with zero attached hydrogens (tertiary/aromatic N) is 2. The largest absolute Gasteiger partial charge is 0.413 e. The molecule has 0 spiro atoms. The van der Waals surface area contributed by atoms with E-state index in [1.165, 1.54) is 25.4 Å². The third-order valence-corrected chi connectivity index (χ3v) is 1.34. The van der Waals surface area contributed by atoms with Crippen LogP contribution in [0.25, 0.3) is 0 Å². The fourth-order valence-electron chi connectivity index (χ4n) is 0.739. The van der Waals surface area contributed by atoms with Crippen LogP contribution in [0, 0.1) is 10.1 Å². The zero-order valence-corrected chi connectivity index (χ0v) is 7.26. The highest BCUT2D eigenvalue weighted by molar-refractivity contribution is 5.70. The molecule has 0 aliphatic heterocycles. The smallest absolute Gasteiger partial charge is 0.384 e. The molecule has 0 aromatic carbocycles. The number of amides is 1. The number of rotatable bonds is 2. The van der Waals surface area contributed by atoms with Gasteiger partial charge in [0.1, 0.15) is 0 Å². The van der Waals surface area contributed by atoms with Gasteiger partial charge in [-0.3, -0.25) is 10.1 Å². The molecule has 0 bridgehead atoms. The van der Waals surface area contributed by atoms with Gasteiger partial charge in [0.25, 0.3) is 0 Å². The van der Waals surface area contributed by atoms with E-state index in [4.69, 9.17) is 0 Å². The summed E-state index contributed by atoms with van der Waals surface area (Å²) in [5, 5.41) is 12.6. The Labute approximate surface area is 78.9 Å². The predicted molar refractivity (Wildman–Crippen MR) is 46.0 cm³/mol. The van der Waals surface area contributed by atoms with E-state index in [0.29, 0.717) is 0 Å². The Morgan fingerprint density at radius 2 is 2.43 bits per heavy atom. The van der Waals surface area contributed by atoms with Gasteiger partial charge in [-0.15, -0.1) is 0 Å². The summed E-state index contributed by atoms with van der Waals surface area (Å²) >= 11 is 0. The maximum Gasteiger partial charge on any atom is 0.413 e. The van der Waals surface area contributed by atoms with Crippen molar-refractivity contribution in [1.82, 2.24) is 10.3 Å². The zero-order valence-electron chi connectivity index (χ0n) is 7.26. The summed E-state index contributed by atoms with van der Waals surface area (Å²) in [6, 6.07) is 2.58. The molecule has 0 unspecified atom stereocenters. The highest BCUT2D eigenvalue weighted by Gasteiger charge is 2.17. The van der Waals surface area contributed by atoms with Gasteiger partial charge in [-0.1, -0.05) is 0 Å². The van der Waals surface area contributed by atoms with Crippen molar-refractivity contribution in [2.24, 2.45) is 0 Å². The number of hydrogen-bond acceptors (Lipinski definition) is 5. The fourth-order valence-corrected chi connectivity index (χ4v) is 0.739. The summed E-state index contributed by atoms with van der Waals surface area (Å²) in [6.45, 7) is 0. The Kier molecular flexibility index (Phi) is 2.95. The molecular weight excluding hydrogens is 190 g/mol. The number of ether oxygens (including phenoxy) is 1. The number of carbonyl (C=O) groups excluding carboxylic acids is 1. The first-order chi connectivity index (χ1) is 6.65. The van der Waals surface area contributed by atoms with Crippen molar-refractivity contribution in [2.75, 3.05) is 7.05 Å². The minimum Gasteiger partial charge on any atom is -0.384 e. The van der Waals surface area contributed by atoms with Crippen molar-refractivity contribution in [3.63, 3.8) is 0 Å². The molecule has 1 heterocycles. The van der Waals surface area contributed by atoms with Crippen LogP contribution >= 0.6 is 0 Å². The molecule has 0 atom stereocenters. The van der Waals surface area contributed by atoms with Crippen LogP contribution in [-0.2, 0) is 0 Å². The fraction of sp³-hybridized carbons (Fsp3) is 0.143. The second-order valence-corrected chi connectivity index (χ2v) is 2.22. The lowest BCUT2D eigenvalue weighted by Crippen LogP contribution is -2.22. The molecule has 0 saturated heterocycles. The zero-order chi connectivity index (χ0) is 10.6. The molecule has 1 amide bonds. The predicted octanol–water partition coefficient (Wildman–Crippen LogP) is 0.708. The van der Waals surface area contributed by atoms with Crippen LogP contribution in [0.2, 0.25) is 0 Å². The first-order valence-corrected chi connectivity index (χ1v) is 3.64. The van der Waals surface area contributed by atoms with Crippen molar-refractivity contribution in [2.45, 2.75) is 0 Å². The van der Waals surface area contributed by atoms with Crippen LogP contribution in [-0.4, -0.2) is 23.0 Å². The maximum atomic E-state index is 10.8. The molecule has 0 fully saturated rings. The van der Waals surface area contributed by atoms with Crippen LogP contribution < -0.4 is 10.1 Å². The van der Waals surface area contributed by atoms with Crippen molar-refractivity contribution < 1.29 is 14.5 Å². The van der Waals surface area contributed by atoms with Gasteiger partial charge in [0.05, 0.1) is 4.92 Å². The summed E-state index contributed by atoms with van der Waals surface area (Å²) < 4.78 is 4.55. The second kappa shape index (κ2) is 4.17. The van der Waals surface area contributed by atoms with E-state index in [1.807, 2.05) is 0 Å². The Morgan fingerprint density at radius 1 is 1.71 bits per heavy atom. The van der Waals surface area contributed by atoms with Gasteiger partial charge < -0.3 is 10.1 Å². The molecule has 74 valence electrons. The van der Waals surface area contributed by atoms with E-state index in [-0.39, 0.29) is 11.6 Å². The molecule has 0 aliphatic carbocycles. The molecule has 0 saturated carbocycles. The maximum absolute atomic E-state index is 10.8. The van der Waals surface area contributed by atoms with Gasteiger partial charge in [0.2, 0.25) is 0 Å². The first kappa shape index (κ1) is 9.90. The average molecular weight is 197 g/mol. The lowest BCUT2D eigenvalue weighted by atomic mass is 10.4. The number of nitrogens with one attached hydrogen (secondary N) is 1. The molecule has 7 heteroatoms. The van der Waals surface area contributed by atoms with Gasteiger partial charge in [0.15, 0.2) is 0 Å². The third kappa shape index (κ3) is 2.16. The van der Waals surface area contributed by atoms with Gasteiger partial charge in [-0.05, 0) is 6.07 Å². The molecule has 14 heavy (non-hydrogen) atoms. The van der Waals surface area contributed by atoms with E-state index in [2.05, 4.69) is 15.0 Å². The van der Waals surface area contributed by atoms with Crippen LogP contribution in [0.15, 0.2) is 18.3 Å². The number of aromatic nitrogens is 1. The lowest BCUT2D eigenvalue weighted by molar-refractivity contribution is -0.386. The summed E-state index contributed by atoms with van der Waals surface area (Å²) in [6.07, 6.45) is 0.498. The Morgan fingerprint density at radius 3 is 3.00 bits per heavy atom. The summed E-state index contributed by atoms with van der Waals surface area (Å²) in [5.74, 6) is -0.322.